The molecule has 1 aliphatic heterocycles. The van der Waals surface area contributed by atoms with Crippen molar-refractivity contribution in [3.8, 4) is 39.7 Å². The van der Waals surface area contributed by atoms with E-state index in [2.05, 4.69) is 5.73 Å². The first-order chi connectivity index (χ1) is 26.7. The number of hydrogen-bond donors (Lipinski definition) is 5. The van der Waals surface area contributed by atoms with E-state index in [1.165, 1.54) is 20.2 Å². The predicted octanol–water partition coefficient (Wildman–Crippen LogP) is 3.37. The second-order valence-corrected chi connectivity index (χ2v) is 12.2. The van der Waals surface area contributed by atoms with Gasteiger partial charge in [0.05, 0.1) is 24.6 Å². The van der Waals surface area contributed by atoms with Crippen molar-refractivity contribution < 1.29 is 62.6 Å². The lowest BCUT2D eigenvalue weighted by molar-refractivity contribution is -0.138. The van der Waals surface area contributed by atoms with Crippen molar-refractivity contribution in [2.24, 2.45) is 5.73 Å². The molecule has 296 valence electrons. The highest BCUT2D eigenvalue weighted by atomic mass is 19.1. The summed E-state index contributed by atoms with van der Waals surface area (Å²) in [6.07, 6.45) is 0. The zero-order chi connectivity index (χ0) is 41.1. The monoisotopic (exact) mass is 777 g/mol. The molecule has 6 N–H and O–H groups in total. The summed E-state index contributed by atoms with van der Waals surface area (Å²) >= 11 is 0. The van der Waals surface area contributed by atoms with E-state index in [-0.39, 0.29) is 36.1 Å². The van der Waals surface area contributed by atoms with E-state index in [0.717, 1.165) is 38.4 Å². The van der Waals surface area contributed by atoms with Gasteiger partial charge in [-0.05, 0) is 55.1 Å². The highest BCUT2D eigenvalue weighted by Crippen LogP contribution is 2.43. The lowest BCUT2D eigenvalue weighted by Gasteiger charge is -2.25. The average Bonchev–Trinajstić information content (AvgIpc) is 3.14. The molecule has 0 fully saturated rings. The highest BCUT2D eigenvalue weighted by Gasteiger charge is 2.24. The van der Waals surface area contributed by atoms with Crippen LogP contribution in [0.3, 0.4) is 0 Å². The minimum absolute atomic E-state index is 0.0141. The fourth-order valence-electron chi connectivity index (χ4n) is 5.90. The number of benzene rings is 4. The molecule has 0 amide bonds. The second-order valence-electron chi connectivity index (χ2n) is 12.2. The van der Waals surface area contributed by atoms with Crippen LogP contribution < -0.4 is 39.7 Å². The lowest BCUT2D eigenvalue weighted by atomic mass is 9.93. The van der Waals surface area contributed by atoms with Crippen LogP contribution in [-0.4, -0.2) is 112 Å². The van der Waals surface area contributed by atoms with Gasteiger partial charge in [-0.1, -0.05) is 6.07 Å². The molecule has 56 heavy (non-hydrogen) atoms. The minimum Gasteiger partial charge on any atom is -0.497 e. The molecule has 2 aliphatic rings. The molecule has 0 spiro atoms. The Labute approximate surface area is 319 Å². The number of methoxy groups -OCH3 is 1. The molecule has 0 saturated carbocycles. The number of nitrogens with two attached hydrogens (primary N) is 1. The van der Waals surface area contributed by atoms with Gasteiger partial charge in [-0.15, -0.1) is 0 Å². The second kappa shape index (κ2) is 18.9. The number of aliphatic carboxylic acids is 4. The number of carboxylic acid groups (broad SMARTS) is 4. The standard InChI is InChI=1S/C38H36FN3O12.CH5N/c1-40(2)24-6-8-26-30(16-24)54-31-17-25(51-3)7-9-27(31)38(26)22-4-10-28(41(18-34(43)44)19-35(45)46)32(14-22)52-12-13-53-33-15-23(39)5-11-29(33)42(20-36(47)48)21-37(49)50;1-2/h4-11,14-17H,12-13,18-21H2,1-3H3,(H3-,43,44,45,46,47,48,49,50);2H2,1H3/p+1. The third kappa shape index (κ3) is 10.4. The van der Waals surface area contributed by atoms with Gasteiger partial charge in [-0.25, -0.2) is 8.97 Å². The van der Waals surface area contributed by atoms with Crippen LogP contribution >= 0.6 is 0 Å². The number of carbonyl (C=O) groups is 4. The number of carboxylic acids is 4. The summed E-state index contributed by atoms with van der Waals surface area (Å²) in [5.41, 5.74) is 7.25. The van der Waals surface area contributed by atoms with Crippen LogP contribution in [0.2, 0.25) is 0 Å². The highest BCUT2D eigenvalue weighted by molar-refractivity contribution is 6.02. The van der Waals surface area contributed by atoms with Crippen LogP contribution in [0.1, 0.15) is 0 Å². The van der Waals surface area contributed by atoms with Crippen LogP contribution in [0.4, 0.5) is 15.8 Å². The summed E-state index contributed by atoms with van der Waals surface area (Å²) in [6.45, 7) is -3.26. The van der Waals surface area contributed by atoms with E-state index >= 15 is 0 Å². The van der Waals surface area contributed by atoms with E-state index in [1.54, 1.807) is 30.3 Å². The van der Waals surface area contributed by atoms with Gasteiger partial charge in [0.15, 0.2) is 0 Å². The molecule has 0 atom stereocenters. The largest absolute Gasteiger partial charge is 0.497 e. The molecule has 0 bridgehead atoms. The Morgan fingerprint density at radius 3 is 1.77 bits per heavy atom. The SMILES string of the molecule is CN.COc1ccc2c(-c3ccc(N(CC(=O)O)CC(=O)O)c(OCCOc4cc(F)ccc4N(CC(=O)O)CC(=O)O)c3)c3ccc(=[N+](C)C)cc-3oc2c1. The normalized spacial score (nSPS) is 10.6. The Hall–Kier alpha value is -6.88. The number of rotatable bonds is 17. The van der Waals surface area contributed by atoms with Crippen LogP contribution in [0.5, 0.6) is 17.2 Å². The molecule has 0 radical (unpaired) electrons. The molecule has 0 saturated heterocycles. The summed E-state index contributed by atoms with van der Waals surface area (Å²) in [5, 5.41) is 39.6. The van der Waals surface area contributed by atoms with Gasteiger partial charge in [0.25, 0.3) is 0 Å². The molecule has 17 heteroatoms. The van der Waals surface area contributed by atoms with Crippen molar-refractivity contribution in [3.63, 3.8) is 0 Å². The third-order valence-corrected chi connectivity index (χ3v) is 8.18. The topological polar surface area (TPSA) is 226 Å². The first kappa shape index (κ1) is 41.9. The molecular weight excluding hydrogens is 735 g/mol. The van der Waals surface area contributed by atoms with Crippen molar-refractivity contribution in [2.75, 3.05) is 77.4 Å². The van der Waals surface area contributed by atoms with E-state index in [0.29, 0.717) is 28.0 Å². The zero-order valence-corrected chi connectivity index (χ0v) is 31.0. The van der Waals surface area contributed by atoms with Gasteiger partial charge in [-0.3, -0.25) is 19.2 Å². The molecule has 16 nitrogen and oxygen atoms in total. The summed E-state index contributed by atoms with van der Waals surface area (Å²) in [6, 6.07) is 19.2. The van der Waals surface area contributed by atoms with Gasteiger partial charge >= 0.3 is 23.9 Å². The number of hydrogen-bond acceptors (Lipinski definition) is 11. The first-order valence-electron chi connectivity index (χ1n) is 16.9. The van der Waals surface area contributed by atoms with Crippen molar-refractivity contribution >= 4 is 46.2 Å². The molecule has 1 aliphatic carbocycles. The van der Waals surface area contributed by atoms with Crippen LogP contribution in [0.15, 0.2) is 77.2 Å². The molecule has 0 aromatic heterocycles. The molecule has 5 rings (SSSR count). The lowest BCUT2D eigenvalue weighted by Crippen LogP contribution is -2.35. The van der Waals surface area contributed by atoms with Gasteiger partial charge in [0, 0.05) is 34.7 Å². The maximum absolute atomic E-state index is 14.3. The van der Waals surface area contributed by atoms with Crippen molar-refractivity contribution in [1.29, 1.82) is 0 Å². The van der Waals surface area contributed by atoms with E-state index in [4.69, 9.17) is 18.6 Å². The van der Waals surface area contributed by atoms with Crippen molar-refractivity contribution in [2.45, 2.75) is 0 Å². The van der Waals surface area contributed by atoms with Gasteiger partial charge < -0.3 is 54.6 Å². The van der Waals surface area contributed by atoms with E-state index in [1.807, 2.05) is 42.9 Å². The number of nitrogens with zero attached hydrogens (tertiary/aromatic N) is 3. The fraction of sp³-hybridized carbons (Fsp3) is 0.256. The summed E-state index contributed by atoms with van der Waals surface area (Å²) < 4.78 is 39.9. The zero-order valence-electron chi connectivity index (χ0n) is 31.0. The van der Waals surface area contributed by atoms with Gasteiger partial charge in [0.2, 0.25) is 5.36 Å². The minimum atomic E-state index is -1.32. The maximum Gasteiger partial charge on any atom is 0.323 e. The van der Waals surface area contributed by atoms with Crippen molar-refractivity contribution in [1.82, 2.24) is 4.58 Å². The van der Waals surface area contributed by atoms with Crippen LogP contribution in [0.25, 0.3) is 33.4 Å². The number of anilines is 2. The van der Waals surface area contributed by atoms with E-state index in [9.17, 15) is 44.0 Å². The Morgan fingerprint density at radius 1 is 0.714 bits per heavy atom. The number of ether oxygens (including phenoxy) is 3. The number of halogens is 1. The van der Waals surface area contributed by atoms with Crippen molar-refractivity contribution in [3.05, 3.63) is 84.0 Å². The Morgan fingerprint density at radius 2 is 1.25 bits per heavy atom. The average molecular weight is 778 g/mol. The fourth-order valence-corrected chi connectivity index (χ4v) is 5.90. The smallest absolute Gasteiger partial charge is 0.323 e. The Bertz CT molecular complexity index is 2240. The maximum atomic E-state index is 14.3. The first-order valence-corrected chi connectivity index (χ1v) is 16.9. The predicted molar refractivity (Wildman–Crippen MR) is 204 cm³/mol. The summed E-state index contributed by atoms with van der Waals surface area (Å²) in [4.78, 5) is 48.7. The molecule has 3 aromatic carbocycles. The molecule has 3 aromatic rings. The molecule has 0 unspecified atom stereocenters. The van der Waals surface area contributed by atoms with Gasteiger partial charge in [-0.2, -0.15) is 0 Å². The van der Waals surface area contributed by atoms with Gasteiger partial charge in [0.1, 0.15) is 87.9 Å². The van der Waals surface area contributed by atoms with Crippen LogP contribution in [0, 0.1) is 5.82 Å². The molecule has 1 heterocycles. The van der Waals surface area contributed by atoms with Crippen LogP contribution in [-0.2, 0) is 19.2 Å². The van der Waals surface area contributed by atoms with E-state index < -0.39 is 55.9 Å². The summed E-state index contributed by atoms with van der Waals surface area (Å²) in [5.74, 6) is -4.87. The number of fused-ring (bicyclic) bond motifs is 2. The third-order valence-electron chi connectivity index (χ3n) is 8.18. The Kier molecular flexibility index (Phi) is 14.2. The molecular formula is C39H42FN4O12+. The quantitative estimate of drug-likeness (QED) is 0.0519. The summed E-state index contributed by atoms with van der Waals surface area (Å²) in [7, 11) is 6.83. The Balaban J connectivity index is 0.00000342.